The van der Waals surface area contributed by atoms with Crippen molar-refractivity contribution in [3.63, 3.8) is 0 Å². The maximum Gasteiger partial charge on any atom is 0.224 e. The van der Waals surface area contributed by atoms with Crippen LogP contribution in [0.2, 0.25) is 0 Å². The molecule has 0 saturated carbocycles. The van der Waals surface area contributed by atoms with Gasteiger partial charge in [-0.2, -0.15) is 4.98 Å². The predicted octanol–water partition coefficient (Wildman–Crippen LogP) is 3.30. The van der Waals surface area contributed by atoms with Gasteiger partial charge in [0.2, 0.25) is 5.95 Å². The van der Waals surface area contributed by atoms with Crippen molar-refractivity contribution in [2.75, 3.05) is 17.7 Å². The van der Waals surface area contributed by atoms with Crippen LogP contribution in [-0.2, 0) is 13.1 Å². The Morgan fingerprint density at radius 1 is 1.04 bits per heavy atom. The summed E-state index contributed by atoms with van der Waals surface area (Å²) in [6.07, 6.45) is 3.36. The minimum atomic E-state index is 0.556. The molecule has 0 radical (unpaired) electrons. The van der Waals surface area contributed by atoms with Gasteiger partial charge in [0.25, 0.3) is 0 Å². The SMILES string of the molecule is COc1ccccc1CNc1nccc(NCc2ccco2)n1. The molecular weight excluding hydrogens is 292 g/mol. The van der Waals surface area contributed by atoms with Crippen molar-refractivity contribution in [1.82, 2.24) is 9.97 Å². The van der Waals surface area contributed by atoms with Crippen molar-refractivity contribution < 1.29 is 9.15 Å². The molecule has 6 heteroatoms. The number of anilines is 2. The van der Waals surface area contributed by atoms with E-state index in [1.807, 2.05) is 42.5 Å². The van der Waals surface area contributed by atoms with Crippen LogP contribution in [0.1, 0.15) is 11.3 Å². The van der Waals surface area contributed by atoms with Crippen LogP contribution >= 0.6 is 0 Å². The second kappa shape index (κ2) is 7.31. The topological polar surface area (TPSA) is 72.2 Å². The molecule has 2 N–H and O–H groups in total. The van der Waals surface area contributed by atoms with E-state index in [0.717, 1.165) is 22.9 Å². The van der Waals surface area contributed by atoms with Gasteiger partial charge in [-0.05, 0) is 24.3 Å². The molecular formula is C17H18N4O2. The minimum Gasteiger partial charge on any atom is -0.496 e. The highest BCUT2D eigenvalue weighted by Crippen LogP contribution is 2.18. The van der Waals surface area contributed by atoms with Crippen LogP contribution in [0.5, 0.6) is 5.75 Å². The number of methoxy groups -OCH3 is 1. The van der Waals surface area contributed by atoms with E-state index in [1.54, 1.807) is 19.6 Å². The number of aromatic nitrogens is 2. The Morgan fingerprint density at radius 3 is 2.78 bits per heavy atom. The Hall–Kier alpha value is -3.02. The maximum absolute atomic E-state index is 5.33. The zero-order valence-corrected chi connectivity index (χ0v) is 12.8. The number of hydrogen-bond donors (Lipinski definition) is 2. The summed E-state index contributed by atoms with van der Waals surface area (Å²) in [7, 11) is 1.66. The molecule has 1 aromatic carbocycles. The summed E-state index contributed by atoms with van der Waals surface area (Å²) < 4.78 is 10.6. The molecule has 0 saturated heterocycles. The molecule has 0 atom stereocenters. The number of nitrogens with one attached hydrogen (secondary N) is 2. The first-order valence-corrected chi connectivity index (χ1v) is 7.30. The summed E-state index contributed by atoms with van der Waals surface area (Å²) in [5.74, 6) is 2.98. The van der Waals surface area contributed by atoms with Gasteiger partial charge in [0.15, 0.2) is 0 Å². The van der Waals surface area contributed by atoms with Crippen molar-refractivity contribution in [3.8, 4) is 5.75 Å². The molecule has 23 heavy (non-hydrogen) atoms. The molecule has 2 heterocycles. The number of ether oxygens (including phenoxy) is 1. The van der Waals surface area contributed by atoms with Crippen LogP contribution in [0.3, 0.4) is 0 Å². The zero-order chi connectivity index (χ0) is 15.9. The van der Waals surface area contributed by atoms with E-state index >= 15 is 0 Å². The van der Waals surface area contributed by atoms with Gasteiger partial charge in [-0.1, -0.05) is 18.2 Å². The summed E-state index contributed by atoms with van der Waals surface area (Å²) in [5.41, 5.74) is 1.05. The van der Waals surface area contributed by atoms with E-state index in [9.17, 15) is 0 Å². The van der Waals surface area contributed by atoms with Gasteiger partial charge in [0, 0.05) is 18.3 Å². The van der Waals surface area contributed by atoms with Crippen LogP contribution in [0, 0.1) is 0 Å². The Labute approximate surface area is 134 Å². The molecule has 0 unspecified atom stereocenters. The lowest BCUT2D eigenvalue weighted by Crippen LogP contribution is -2.07. The zero-order valence-electron chi connectivity index (χ0n) is 12.8. The average Bonchev–Trinajstić information content (AvgIpc) is 3.12. The fourth-order valence-corrected chi connectivity index (χ4v) is 2.16. The maximum atomic E-state index is 5.33. The first-order valence-electron chi connectivity index (χ1n) is 7.30. The normalized spacial score (nSPS) is 10.3. The third kappa shape index (κ3) is 4.00. The third-order valence-corrected chi connectivity index (χ3v) is 3.31. The molecule has 0 amide bonds. The van der Waals surface area contributed by atoms with E-state index in [0.29, 0.717) is 19.0 Å². The van der Waals surface area contributed by atoms with Crippen LogP contribution in [0.4, 0.5) is 11.8 Å². The highest BCUT2D eigenvalue weighted by atomic mass is 16.5. The van der Waals surface area contributed by atoms with Crippen LogP contribution in [0.25, 0.3) is 0 Å². The smallest absolute Gasteiger partial charge is 0.224 e. The minimum absolute atomic E-state index is 0.556. The summed E-state index contributed by atoms with van der Waals surface area (Å²) >= 11 is 0. The summed E-state index contributed by atoms with van der Waals surface area (Å²) in [5, 5.41) is 6.40. The summed E-state index contributed by atoms with van der Waals surface area (Å²) in [6.45, 7) is 1.17. The van der Waals surface area contributed by atoms with Crippen LogP contribution in [-0.4, -0.2) is 17.1 Å². The molecule has 3 aromatic rings. The third-order valence-electron chi connectivity index (χ3n) is 3.31. The Balaban J connectivity index is 1.61. The quantitative estimate of drug-likeness (QED) is 0.697. The van der Waals surface area contributed by atoms with E-state index in [4.69, 9.17) is 9.15 Å². The standard InChI is InChI=1S/C17H18N4O2/c1-22-15-7-3-2-5-13(15)11-20-17-18-9-8-16(21-17)19-12-14-6-4-10-23-14/h2-10H,11-12H2,1H3,(H2,18,19,20,21). The molecule has 0 aliphatic rings. The Bertz CT molecular complexity index is 744. The van der Waals surface area contributed by atoms with Gasteiger partial charge in [-0.3, -0.25) is 0 Å². The Morgan fingerprint density at radius 2 is 1.96 bits per heavy atom. The van der Waals surface area contributed by atoms with Gasteiger partial charge in [-0.25, -0.2) is 4.98 Å². The number of furan rings is 1. The first kappa shape index (κ1) is 14.9. The van der Waals surface area contributed by atoms with Crippen molar-refractivity contribution in [1.29, 1.82) is 0 Å². The largest absolute Gasteiger partial charge is 0.496 e. The van der Waals surface area contributed by atoms with Crippen LogP contribution < -0.4 is 15.4 Å². The highest BCUT2D eigenvalue weighted by Gasteiger charge is 2.04. The number of nitrogens with zero attached hydrogens (tertiary/aromatic N) is 2. The van der Waals surface area contributed by atoms with E-state index < -0.39 is 0 Å². The van der Waals surface area contributed by atoms with Crippen molar-refractivity contribution in [2.45, 2.75) is 13.1 Å². The lowest BCUT2D eigenvalue weighted by atomic mass is 10.2. The highest BCUT2D eigenvalue weighted by molar-refractivity contribution is 5.41. The average molecular weight is 310 g/mol. The van der Waals surface area contributed by atoms with Crippen molar-refractivity contribution in [3.05, 3.63) is 66.2 Å². The predicted molar refractivity (Wildman–Crippen MR) is 88.4 cm³/mol. The van der Waals surface area contributed by atoms with Crippen molar-refractivity contribution in [2.24, 2.45) is 0 Å². The molecule has 0 spiro atoms. The van der Waals surface area contributed by atoms with Gasteiger partial charge in [0.1, 0.15) is 17.3 Å². The summed E-state index contributed by atoms with van der Waals surface area (Å²) in [6, 6.07) is 13.4. The van der Waals surface area contributed by atoms with Crippen LogP contribution in [0.15, 0.2) is 59.3 Å². The monoisotopic (exact) mass is 310 g/mol. The number of para-hydroxylation sites is 1. The number of benzene rings is 1. The molecule has 0 aliphatic carbocycles. The second-order valence-corrected chi connectivity index (χ2v) is 4.86. The van der Waals surface area contributed by atoms with Crippen molar-refractivity contribution >= 4 is 11.8 Å². The van der Waals surface area contributed by atoms with E-state index in [2.05, 4.69) is 20.6 Å². The number of hydrogen-bond acceptors (Lipinski definition) is 6. The number of rotatable bonds is 7. The molecule has 0 aliphatic heterocycles. The fourth-order valence-electron chi connectivity index (χ4n) is 2.16. The molecule has 3 rings (SSSR count). The first-order chi connectivity index (χ1) is 11.3. The Kier molecular flexibility index (Phi) is 4.73. The van der Waals surface area contributed by atoms with Gasteiger partial charge in [-0.15, -0.1) is 0 Å². The lowest BCUT2D eigenvalue weighted by Gasteiger charge is -2.10. The second-order valence-electron chi connectivity index (χ2n) is 4.86. The van der Waals surface area contributed by atoms with Gasteiger partial charge >= 0.3 is 0 Å². The molecule has 2 aromatic heterocycles. The molecule has 0 bridgehead atoms. The molecule has 0 fully saturated rings. The van der Waals surface area contributed by atoms with E-state index in [-0.39, 0.29) is 0 Å². The van der Waals surface area contributed by atoms with E-state index in [1.165, 1.54) is 0 Å². The van der Waals surface area contributed by atoms with Gasteiger partial charge in [0.05, 0.1) is 19.9 Å². The molecule has 118 valence electrons. The molecule has 6 nitrogen and oxygen atoms in total. The fraction of sp³-hybridized carbons (Fsp3) is 0.176. The lowest BCUT2D eigenvalue weighted by molar-refractivity contribution is 0.410. The summed E-state index contributed by atoms with van der Waals surface area (Å²) in [4.78, 5) is 8.66. The van der Waals surface area contributed by atoms with Gasteiger partial charge < -0.3 is 19.8 Å².